The second-order valence-corrected chi connectivity index (χ2v) is 5.94. The first-order chi connectivity index (χ1) is 10.3. The molecule has 2 heterocycles. The Labute approximate surface area is 127 Å². The lowest BCUT2D eigenvalue weighted by molar-refractivity contribution is 0.269. The van der Waals surface area contributed by atoms with Crippen LogP contribution in [0.1, 0.15) is 17.5 Å². The number of hydrogen-bond acceptors (Lipinski definition) is 4. The van der Waals surface area contributed by atoms with E-state index in [0.717, 1.165) is 24.1 Å². The quantitative estimate of drug-likeness (QED) is 0.788. The summed E-state index contributed by atoms with van der Waals surface area (Å²) in [5.74, 6) is 0. The number of fused-ring (bicyclic) bond motifs is 1. The molecule has 1 N–H and O–H groups in total. The van der Waals surface area contributed by atoms with Crippen molar-refractivity contribution in [1.82, 2.24) is 14.9 Å². The first-order valence-corrected chi connectivity index (χ1v) is 7.87. The molecular formula is C16H17N3OS. The van der Waals surface area contributed by atoms with Crippen LogP contribution in [0, 0.1) is 0 Å². The van der Waals surface area contributed by atoms with Gasteiger partial charge in [0.05, 0.1) is 11.0 Å². The minimum atomic E-state index is -0.0988. The van der Waals surface area contributed by atoms with E-state index in [4.69, 9.17) is 0 Å². The number of H-pyrrole nitrogens is 1. The van der Waals surface area contributed by atoms with Crippen molar-refractivity contribution < 1.29 is 0 Å². The lowest BCUT2D eigenvalue weighted by atomic mass is 10.3. The third-order valence-electron chi connectivity index (χ3n) is 3.45. The molecule has 4 nitrogen and oxygen atoms in total. The fourth-order valence-corrected chi connectivity index (χ4v) is 3.04. The molecule has 0 amide bonds. The molecule has 1 aromatic carbocycles. The Bertz CT molecular complexity index is 780. The summed E-state index contributed by atoms with van der Waals surface area (Å²) < 4.78 is 0. The highest BCUT2D eigenvalue weighted by molar-refractivity contribution is 7.09. The van der Waals surface area contributed by atoms with Crippen LogP contribution in [0.15, 0.2) is 46.6 Å². The highest BCUT2D eigenvalue weighted by atomic mass is 32.1. The molecule has 2 aromatic heterocycles. The average molecular weight is 299 g/mol. The zero-order chi connectivity index (χ0) is 14.7. The van der Waals surface area contributed by atoms with Crippen LogP contribution in [0.4, 0.5) is 0 Å². The Balaban J connectivity index is 1.85. The molecule has 0 fully saturated rings. The Morgan fingerprint density at radius 3 is 2.81 bits per heavy atom. The van der Waals surface area contributed by atoms with E-state index in [1.807, 2.05) is 24.3 Å². The molecule has 0 aliphatic rings. The van der Waals surface area contributed by atoms with Crippen LogP contribution >= 0.6 is 11.3 Å². The molecule has 3 aromatic rings. The van der Waals surface area contributed by atoms with Crippen molar-refractivity contribution in [2.75, 3.05) is 6.54 Å². The van der Waals surface area contributed by atoms with Gasteiger partial charge in [-0.2, -0.15) is 0 Å². The second-order valence-electron chi connectivity index (χ2n) is 4.91. The molecule has 3 rings (SSSR count). The van der Waals surface area contributed by atoms with Gasteiger partial charge in [-0.25, -0.2) is 4.98 Å². The summed E-state index contributed by atoms with van der Waals surface area (Å²) in [7, 11) is 0. The van der Waals surface area contributed by atoms with E-state index in [9.17, 15) is 4.79 Å². The number of rotatable bonds is 5. The summed E-state index contributed by atoms with van der Waals surface area (Å²) in [5, 5.41) is 2.07. The van der Waals surface area contributed by atoms with Gasteiger partial charge in [0.25, 0.3) is 5.56 Å². The number of benzene rings is 1. The molecule has 0 spiro atoms. The Kier molecular flexibility index (Phi) is 4.13. The average Bonchev–Trinajstić information content (AvgIpc) is 3.00. The maximum absolute atomic E-state index is 12.1. The zero-order valence-electron chi connectivity index (χ0n) is 11.9. The summed E-state index contributed by atoms with van der Waals surface area (Å²) >= 11 is 1.74. The summed E-state index contributed by atoms with van der Waals surface area (Å²) in [6, 6.07) is 11.8. The van der Waals surface area contributed by atoms with Gasteiger partial charge in [0.1, 0.15) is 5.69 Å². The lowest BCUT2D eigenvalue weighted by Gasteiger charge is -2.18. The van der Waals surface area contributed by atoms with Crippen molar-refractivity contribution in [3.63, 3.8) is 0 Å². The molecule has 0 unspecified atom stereocenters. The number of thiophene rings is 1. The Hall–Kier alpha value is -1.98. The van der Waals surface area contributed by atoms with Gasteiger partial charge in [-0.1, -0.05) is 25.1 Å². The molecule has 0 saturated carbocycles. The van der Waals surface area contributed by atoms with Crippen LogP contribution in [-0.4, -0.2) is 21.4 Å². The second kappa shape index (κ2) is 6.20. The SMILES string of the molecule is CCN(Cc1cccs1)Cc1nc2ccccc2[nH]c1=O. The van der Waals surface area contributed by atoms with E-state index in [0.29, 0.717) is 12.2 Å². The number of nitrogens with one attached hydrogen (secondary N) is 1. The third-order valence-corrected chi connectivity index (χ3v) is 4.31. The fraction of sp³-hybridized carbons (Fsp3) is 0.250. The standard InChI is InChI=1S/C16H17N3OS/c1-2-19(10-12-6-5-9-21-12)11-15-16(20)18-14-8-4-3-7-13(14)17-15/h3-9H,2,10-11H2,1H3,(H,18,20). The van der Waals surface area contributed by atoms with E-state index in [2.05, 4.69) is 39.3 Å². The van der Waals surface area contributed by atoms with Crippen LogP contribution in [0.5, 0.6) is 0 Å². The topological polar surface area (TPSA) is 49.0 Å². The van der Waals surface area contributed by atoms with Gasteiger partial charge >= 0.3 is 0 Å². The summed E-state index contributed by atoms with van der Waals surface area (Å²) in [6.07, 6.45) is 0. The minimum Gasteiger partial charge on any atom is -0.319 e. The minimum absolute atomic E-state index is 0.0988. The van der Waals surface area contributed by atoms with Gasteiger partial charge in [0.2, 0.25) is 0 Å². The molecule has 0 bridgehead atoms. The first kappa shape index (κ1) is 14.0. The largest absolute Gasteiger partial charge is 0.319 e. The number of aromatic nitrogens is 2. The highest BCUT2D eigenvalue weighted by Gasteiger charge is 2.10. The third kappa shape index (κ3) is 3.20. The molecular weight excluding hydrogens is 282 g/mol. The van der Waals surface area contributed by atoms with Crippen molar-refractivity contribution in [3.05, 3.63) is 62.7 Å². The monoisotopic (exact) mass is 299 g/mol. The molecule has 5 heteroatoms. The molecule has 0 saturated heterocycles. The van der Waals surface area contributed by atoms with Crippen LogP contribution in [-0.2, 0) is 13.1 Å². The molecule has 0 radical (unpaired) electrons. The predicted octanol–water partition coefficient (Wildman–Crippen LogP) is 3.01. The Morgan fingerprint density at radius 2 is 2.05 bits per heavy atom. The van der Waals surface area contributed by atoms with Gasteiger partial charge < -0.3 is 4.98 Å². The van der Waals surface area contributed by atoms with Crippen molar-refractivity contribution in [3.8, 4) is 0 Å². The number of hydrogen-bond donors (Lipinski definition) is 1. The van der Waals surface area contributed by atoms with Gasteiger partial charge in [-0.05, 0) is 30.1 Å². The molecule has 0 atom stereocenters. The molecule has 108 valence electrons. The maximum atomic E-state index is 12.1. The molecule has 0 aliphatic heterocycles. The van der Waals surface area contributed by atoms with Crippen LogP contribution in [0.3, 0.4) is 0 Å². The first-order valence-electron chi connectivity index (χ1n) is 6.99. The highest BCUT2D eigenvalue weighted by Crippen LogP contribution is 2.13. The Morgan fingerprint density at radius 1 is 1.19 bits per heavy atom. The fourth-order valence-electron chi connectivity index (χ4n) is 2.29. The van der Waals surface area contributed by atoms with Gasteiger partial charge in [0.15, 0.2) is 0 Å². The van der Waals surface area contributed by atoms with Crippen LogP contribution in [0.25, 0.3) is 11.0 Å². The van der Waals surface area contributed by atoms with Crippen molar-refractivity contribution in [2.24, 2.45) is 0 Å². The van der Waals surface area contributed by atoms with Gasteiger partial charge in [-0.15, -0.1) is 11.3 Å². The number of nitrogens with zero attached hydrogens (tertiary/aromatic N) is 2. The van der Waals surface area contributed by atoms with Crippen LogP contribution < -0.4 is 5.56 Å². The van der Waals surface area contributed by atoms with E-state index >= 15 is 0 Å². The summed E-state index contributed by atoms with van der Waals surface area (Å²) in [5.41, 5.74) is 2.09. The number of aromatic amines is 1. The molecule has 21 heavy (non-hydrogen) atoms. The van der Waals surface area contributed by atoms with E-state index in [1.165, 1.54) is 4.88 Å². The lowest BCUT2D eigenvalue weighted by Crippen LogP contribution is -2.27. The van der Waals surface area contributed by atoms with Crippen molar-refractivity contribution >= 4 is 22.4 Å². The smallest absolute Gasteiger partial charge is 0.271 e. The maximum Gasteiger partial charge on any atom is 0.271 e. The molecule has 0 aliphatic carbocycles. The van der Waals surface area contributed by atoms with Gasteiger partial charge in [0, 0.05) is 18.0 Å². The van der Waals surface area contributed by atoms with Gasteiger partial charge in [-0.3, -0.25) is 9.69 Å². The van der Waals surface area contributed by atoms with E-state index in [1.54, 1.807) is 11.3 Å². The van der Waals surface area contributed by atoms with Crippen molar-refractivity contribution in [2.45, 2.75) is 20.0 Å². The van der Waals surface area contributed by atoms with E-state index in [-0.39, 0.29) is 5.56 Å². The zero-order valence-corrected chi connectivity index (χ0v) is 12.7. The number of para-hydroxylation sites is 2. The summed E-state index contributed by atoms with van der Waals surface area (Å²) in [4.78, 5) is 23.1. The predicted molar refractivity (Wildman–Crippen MR) is 86.5 cm³/mol. The van der Waals surface area contributed by atoms with Crippen LogP contribution in [0.2, 0.25) is 0 Å². The summed E-state index contributed by atoms with van der Waals surface area (Å²) in [6.45, 7) is 4.39. The normalized spacial score (nSPS) is 11.3. The van der Waals surface area contributed by atoms with E-state index < -0.39 is 0 Å². The van der Waals surface area contributed by atoms with Crippen molar-refractivity contribution in [1.29, 1.82) is 0 Å².